The molecule has 3 aromatic rings. The lowest BCUT2D eigenvalue weighted by molar-refractivity contribution is -0.112. The number of rotatable bonds is 8. The van der Waals surface area contributed by atoms with Gasteiger partial charge in [-0.3, -0.25) is 10.1 Å². The Kier molecular flexibility index (Phi) is 7.23. The van der Waals surface area contributed by atoms with Crippen LogP contribution in [0.5, 0.6) is 0 Å². The number of hydrogen-bond donors (Lipinski definition) is 2. The predicted molar refractivity (Wildman–Crippen MR) is 119 cm³/mol. The SMILES string of the molecule is CC(C)CSc1nsc(NC(=O)C(C#N)=Cc2ccc(-c3ccc(C(=O)O)cc3)o2)n1. The van der Waals surface area contributed by atoms with Gasteiger partial charge in [0.25, 0.3) is 5.91 Å². The summed E-state index contributed by atoms with van der Waals surface area (Å²) in [5.74, 6) is 0.537. The van der Waals surface area contributed by atoms with Gasteiger partial charge < -0.3 is 9.52 Å². The van der Waals surface area contributed by atoms with E-state index in [0.29, 0.717) is 33.3 Å². The Bertz CT molecular complexity index is 1160. The average molecular weight is 455 g/mol. The summed E-state index contributed by atoms with van der Waals surface area (Å²) in [7, 11) is 0. The van der Waals surface area contributed by atoms with E-state index in [1.54, 1.807) is 24.3 Å². The number of hydrogen-bond acceptors (Lipinski definition) is 8. The van der Waals surface area contributed by atoms with Gasteiger partial charge in [-0.05, 0) is 30.2 Å². The molecule has 158 valence electrons. The molecule has 0 atom stereocenters. The van der Waals surface area contributed by atoms with Crippen molar-refractivity contribution in [1.82, 2.24) is 9.36 Å². The largest absolute Gasteiger partial charge is 0.478 e. The topological polar surface area (TPSA) is 129 Å². The van der Waals surface area contributed by atoms with Gasteiger partial charge in [0.15, 0.2) is 0 Å². The molecule has 0 saturated heterocycles. The fraction of sp³-hybridized carbons (Fsp3) is 0.190. The molecule has 2 heterocycles. The van der Waals surface area contributed by atoms with Crippen LogP contribution in [0.2, 0.25) is 0 Å². The van der Waals surface area contributed by atoms with Gasteiger partial charge in [-0.25, -0.2) is 4.79 Å². The van der Waals surface area contributed by atoms with Crippen molar-refractivity contribution in [1.29, 1.82) is 5.26 Å². The highest BCUT2D eigenvalue weighted by Crippen LogP contribution is 2.25. The third-order valence-corrected chi connectivity index (χ3v) is 5.89. The van der Waals surface area contributed by atoms with E-state index in [0.717, 1.165) is 17.3 Å². The molecule has 0 aliphatic rings. The van der Waals surface area contributed by atoms with Crippen molar-refractivity contribution in [3.8, 4) is 17.4 Å². The van der Waals surface area contributed by atoms with Crippen molar-refractivity contribution in [3.63, 3.8) is 0 Å². The molecule has 0 aliphatic carbocycles. The summed E-state index contributed by atoms with van der Waals surface area (Å²) < 4.78 is 9.86. The first kappa shape index (κ1) is 22.3. The van der Waals surface area contributed by atoms with E-state index in [4.69, 9.17) is 9.52 Å². The molecule has 8 nitrogen and oxygen atoms in total. The molecule has 2 N–H and O–H groups in total. The predicted octanol–water partition coefficient (Wildman–Crippen LogP) is 4.79. The van der Waals surface area contributed by atoms with Crippen LogP contribution in [0.15, 0.2) is 51.5 Å². The highest BCUT2D eigenvalue weighted by Gasteiger charge is 2.15. The lowest BCUT2D eigenvalue weighted by Crippen LogP contribution is -2.13. The number of nitrogens with zero attached hydrogens (tertiary/aromatic N) is 3. The maximum Gasteiger partial charge on any atom is 0.335 e. The minimum Gasteiger partial charge on any atom is -0.478 e. The van der Waals surface area contributed by atoms with Gasteiger partial charge in [-0.15, -0.1) is 0 Å². The molecule has 0 bridgehead atoms. The summed E-state index contributed by atoms with van der Waals surface area (Å²) in [4.78, 5) is 27.6. The van der Waals surface area contributed by atoms with Crippen molar-refractivity contribution in [2.45, 2.75) is 19.0 Å². The molecule has 10 heteroatoms. The minimum atomic E-state index is -1.01. The van der Waals surface area contributed by atoms with Crippen LogP contribution in [0, 0.1) is 17.2 Å². The van der Waals surface area contributed by atoms with Gasteiger partial charge in [0, 0.05) is 28.9 Å². The summed E-state index contributed by atoms with van der Waals surface area (Å²) in [6.45, 7) is 4.19. The number of aromatic nitrogens is 2. The zero-order valence-corrected chi connectivity index (χ0v) is 18.3. The summed E-state index contributed by atoms with van der Waals surface area (Å²) in [5.41, 5.74) is 0.697. The number of thioether (sulfide) groups is 1. The van der Waals surface area contributed by atoms with Crippen LogP contribution in [-0.2, 0) is 4.79 Å². The molecule has 0 fully saturated rings. The average Bonchev–Trinajstić information content (AvgIpc) is 3.40. The molecule has 31 heavy (non-hydrogen) atoms. The number of nitriles is 1. The van der Waals surface area contributed by atoms with Crippen LogP contribution in [0.25, 0.3) is 17.4 Å². The number of carbonyl (C=O) groups excluding carboxylic acids is 1. The molecule has 2 aromatic heterocycles. The number of carboxylic acid groups (broad SMARTS) is 1. The molecule has 1 amide bonds. The van der Waals surface area contributed by atoms with E-state index < -0.39 is 11.9 Å². The number of carboxylic acids is 1. The van der Waals surface area contributed by atoms with E-state index in [-0.39, 0.29) is 11.1 Å². The van der Waals surface area contributed by atoms with Gasteiger partial charge in [0.2, 0.25) is 10.3 Å². The maximum absolute atomic E-state index is 12.4. The second-order valence-corrected chi connectivity index (χ2v) is 8.53. The second kappa shape index (κ2) is 10.1. The van der Waals surface area contributed by atoms with Gasteiger partial charge in [0.1, 0.15) is 23.2 Å². The monoisotopic (exact) mass is 454 g/mol. The van der Waals surface area contributed by atoms with E-state index in [2.05, 4.69) is 28.5 Å². The molecular formula is C21H18N4O4S2. The van der Waals surface area contributed by atoms with E-state index >= 15 is 0 Å². The van der Waals surface area contributed by atoms with Crippen molar-refractivity contribution in [2.24, 2.45) is 5.92 Å². The fourth-order valence-electron chi connectivity index (χ4n) is 2.38. The normalized spacial score (nSPS) is 11.4. The Balaban J connectivity index is 1.69. The maximum atomic E-state index is 12.4. The first-order valence-corrected chi connectivity index (χ1v) is 10.9. The van der Waals surface area contributed by atoms with Gasteiger partial charge in [-0.1, -0.05) is 37.7 Å². The Hall–Kier alpha value is -3.42. The number of carbonyl (C=O) groups is 2. The number of nitrogens with one attached hydrogen (secondary N) is 1. The first-order valence-electron chi connectivity index (χ1n) is 9.19. The summed E-state index contributed by atoms with van der Waals surface area (Å²) in [6.07, 6.45) is 1.33. The number of aromatic carboxylic acids is 1. The molecule has 0 aliphatic heterocycles. The summed E-state index contributed by atoms with van der Waals surface area (Å²) >= 11 is 2.56. The Morgan fingerprint density at radius 3 is 2.68 bits per heavy atom. The van der Waals surface area contributed by atoms with E-state index in [1.165, 1.54) is 30.0 Å². The zero-order chi connectivity index (χ0) is 22.4. The third-order valence-electron chi connectivity index (χ3n) is 3.87. The molecular weight excluding hydrogens is 436 g/mol. The molecule has 0 saturated carbocycles. The smallest absolute Gasteiger partial charge is 0.335 e. The Morgan fingerprint density at radius 1 is 1.29 bits per heavy atom. The Labute approximate surface area is 186 Å². The number of furan rings is 1. The van der Waals surface area contributed by atoms with Crippen LogP contribution in [-0.4, -0.2) is 32.1 Å². The number of amides is 1. The van der Waals surface area contributed by atoms with Crippen LogP contribution in [0.1, 0.15) is 30.0 Å². The van der Waals surface area contributed by atoms with E-state index in [9.17, 15) is 14.9 Å². The molecule has 0 unspecified atom stereocenters. The first-order chi connectivity index (χ1) is 14.9. The third kappa shape index (κ3) is 6.04. The number of anilines is 1. The zero-order valence-electron chi connectivity index (χ0n) is 16.7. The van der Waals surface area contributed by atoms with E-state index in [1.807, 2.05) is 6.07 Å². The van der Waals surface area contributed by atoms with Gasteiger partial charge >= 0.3 is 5.97 Å². The molecule has 0 radical (unpaired) electrons. The van der Waals surface area contributed by atoms with Crippen molar-refractivity contribution >= 4 is 46.4 Å². The second-order valence-electron chi connectivity index (χ2n) is 6.80. The summed E-state index contributed by atoms with van der Waals surface area (Å²) in [5, 5.41) is 21.8. The number of benzene rings is 1. The van der Waals surface area contributed by atoms with Crippen LogP contribution in [0.3, 0.4) is 0 Å². The quantitative estimate of drug-likeness (QED) is 0.282. The molecule has 3 rings (SSSR count). The van der Waals surface area contributed by atoms with Crippen LogP contribution >= 0.6 is 23.3 Å². The minimum absolute atomic E-state index is 0.145. The lowest BCUT2D eigenvalue weighted by Gasteiger charge is -2.00. The fourth-order valence-corrected chi connectivity index (χ4v) is 3.87. The van der Waals surface area contributed by atoms with Gasteiger partial charge in [-0.2, -0.15) is 14.6 Å². The molecule has 0 spiro atoms. The highest BCUT2D eigenvalue weighted by molar-refractivity contribution is 7.99. The van der Waals surface area contributed by atoms with Crippen molar-refractivity contribution < 1.29 is 19.1 Å². The standard InChI is InChI=1S/C21H18N4O4S2/c1-12(2)11-30-21-24-20(31-25-21)23-18(26)15(10-22)9-16-7-8-17(29-16)13-3-5-14(6-4-13)19(27)28/h3-9,12H,11H2,1-2H3,(H,27,28)(H,23,24,25,26). The lowest BCUT2D eigenvalue weighted by atomic mass is 10.1. The molecule has 1 aromatic carbocycles. The highest BCUT2D eigenvalue weighted by atomic mass is 32.2. The van der Waals surface area contributed by atoms with Crippen molar-refractivity contribution in [3.05, 3.63) is 53.3 Å². The van der Waals surface area contributed by atoms with Gasteiger partial charge in [0.05, 0.1) is 5.56 Å². The van der Waals surface area contributed by atoms with Crippen LogP contribution < -0.4 is 5.32 Å². The Morgan fingerprint density at radius 2 is 2.03 bits per heavy atom. The summed E-state index contributed by atoms with van der Waals surface area (Å²) in [6, 6.07) is 11.4. The van der Waals surface area contributed by atoms with Crippen molar-refractivity contribution in [2.75, 3.05) is 11.1 Å². The van der Waals surface area contributed by atoms with Crippen LogP contribution in [0.4, 0.5) is 5.13 Å².